The first-order chi connectivity index (χ1) is 15.0. The lowest BCUT2D eigenvalue weighted by molar-refractivity contribution is 0.0464. The molecule has 0 amide bonds. The Hall–Kier alpha value is -2.20. The largest absolute Gasteiger partial charge is 0.493 e. The van der Waals surface area contributed by atoms with Crippen LogP contribution in [0.5, 0.6) is 11.5 Å². The minimum Gasteiger partial charge on any atom is -0.493 e. The monoisotopic (exact) mass is 433 g/mol. The highest BCUT2D eigenvalue weighted by Crippen LogP contribution is 2.29. The zero-order valence-electron chi connectivity index (χ0n) is 19.1. The van der Waals surface area contributed by atoms with Gasteiger partial charge in [0.1, 0.15) is 24.1 Å². The van der Waals surface area contributed by atoms with Crippen LogP contribution in [0.3, 0.4) is 0 Å². The van der Waals surface area contributed by atoms with Crippen molar-refractivity contribution in [1.29, 1.82) is 0 Å². The molecule has 1 aliphatic rings. The molecule has 172 valence electrons. The third kappa shape index (κ3) is 6.90. The third-order valence-electron chi connectivity index (χ3n) is 5.66. The number of piperazine rings is 1. The fraction of sp³-hybridized carbons (Fsp3) is 0.636. The van der Waals surface area contributed by atoms with E-state index in [0.29, 0.717) is 24.6 Å². The summed E-state index contributed by atoms with van der Waals surface area (Å²) in [5.74, 6) is 1.30. The van der Waals surface area contributed by atoms with Crippen molar-refractivity contribution < 1.29 is 19.2 Å². The van der Waals surface area contributed by atoms with Gasteiger partial charge < -0.3 is 19.5 Å². The highest BCUT2D eigenvalue weighted by atomic mass is 16.6. The molecule has 1 saturated heterocycles. The molecule has 1 aromatic carbocycles. The number of rotatable bonds is 11. The molecule has 2 heterocycles. The first-order valence-corrected chi connectivity index (χ1v) is 10.9. The van der Waals surface area contributed by atoms with E-state index in [-0.39, 0.29) is 6.61 Å². The van der Waals surface area contributed by atoms with Gasteiger partial charge in [0.25, 0.3) is 0 Å². The summed E-state index contributed by atoms with van der Waals surface area (Å²) >= 11 is 0. The average molecular weight is 434 g/mol. The van der Waals surface area contributed by atoms with Gasteiger partial charge in [0.05, 0.1) is 7.11 Å². The molecule has 0 aliphatic carbocycles. The number of aliphatic hydroxyl groups is 1. The van der Waals surface area contributed by atoms with E-state index < -0.39 is 6.10 Å². The van der Waals surface area contributed by atoms with Crippen LogP contribution in [0.25, 0.3) is 0 Å². The molecule has 1 unspecified atom stereocenters. The van der Waals surface area contributed by atoms with Crippen LogP contribution < -0.4 is 9.47 Å². The summed E-state index contributed by atoms with van der Waals surface area (Å²) in [6.07, 6.45) is -0.539. The van der Waals surface area contributed by atoms with E-state index in [2.05, 4.69) is 31.9 Å². The average Bonchev–Trinajstić information content (AvgIpc) is 3.17. The maximum Gasteiger partial charge on any atom is 0.161 e. The van der Waals surface area contributed by atoms with E-state index in [4.69, 9.17) is 14.1 Å². The maximum atomic E-state index is 10.4. The predicted octanol–water partition coefficient (Wildman–Crippen LogP) is 1.40. The van der Waals surface area contributed by atoms with Crippen LogP contribution in [0, 0.1) is 6.92 Å². The highest BCUT2D eigenvalue weighted by Gasteiger charge is 2.19. The summed E-state index contributed by atoms with van der Waals surface area (Å²) in [6, 6.07) is 5.88. The molecule has 1 aliphatic heterocycles. The Morgan fingerprint density at radius 2 is 1.87 bits per heavy atom. The number of methoxy groups -OCH3 is 1. The Labute approximate surface area is 184 Å². The maximum absolute atomic E-state index is 10.4. The lowest BCUT2D eigenvalue weighted by Gasteiger charge is -2.34. The summed E-state index contributed by atoms with van der Waals surface area (Å²) in [4.78, 5) is 6.85. The second-order valence-corrected chi connectivity index (χ2v) is 8.15. The summed E-state index contributed by atoms with van der Waals surface area (Å²) < 4.78 is 16.2. The summed E-state index contributed by atoms with van der Waals surface area (Å²) in [5, 5.41) is 18.2. The van der Waals surface area contributed by atoms with Crippen LogP contribution in [0.1, 0.15) is 23.9 Å². The number of hydrogen-bond acceptors (Lipinski definition) is 9. The van der Waals surface area contributed by atoms with Crippen molar-refractivity contribution in [3.8, 4) is 11.5 Å². The van der Waals surface area contributed by atoms with Crippen molar-refractivity contribution in [2.45, 2.75) is 33.0 Å². The second kappa shape index (κ2) is 11.4. The van der Waals surface area contributed by atoms with Crippen molar-refractivity contribution in [3.05, 3.63) is 35.2 Å². The van der Waals surface area contributed by atoms with E-state index in [1.165, 1.54) is 0 Å². The van der Waals surface area contributed by atoms with E-state index in [9.17, 15) is 5.11 Å². The number of benzene rings is 1. The molecular weight excluding hydrogens is 398 g/mol. The molecule has 0 bridgehead atoms. The Morgan fingerprint density at radius 1 is 1.13 bits per heavy atom. The van der Waals surface area contributed by atoms with Crippen LogP contribution >= 0.6 is 0 Å². The van der Waals surface area contributed by atoms with Crippen molar-refractivity contribution in [2.24, 2.45) is 0 Å². The Balaban J connectivity index is 1.48. The molecule has 1 aromatic heterocycles. The minimum atomic E-state index is -0.539. The van der Waals surface area contributed by atoms with Gasteiger partial charge in [-0.25, -0.2) is 4.63 Å². The van der Waals surface area contributed by atoms with Crippen molar-refractivity contribution in [3.63, 3.8) is 0 Å². The molecule has 9 heteroatoms. The van der Waals surface area contributed by atoms with Crippen molar-refractivity contribution in [2.75, 3.05) is 60.0 Å². The van der Waals surface area contributed by atoms with Crippen molar-refractivity contribution in [1.82, 2.24) is 25.0 Å². The fourth-order valence-electron chi connectivity index (χ4n) is 3.77. The third-order valence-corrected chi connectivity index (χ3v) is 5.66. The molecule has 0 saturated carbocycles. The molecule has 3 rings (SSSR count). The smallest absolute Gasteiger partial charge is 0.161 e. The van der Waals surface area contributed by atoms with Gasteiger partial charge in [-0.1, -0.05) is 23.3 Å². The first-order valence-electron chi connectivity index (χ1n) is 10.9. The quantitative estimate of drug-likeness (QED) is 0.565. The standard InChI is InChI=1S/C22H35N5O4/c1-5-26-8-10-27(11-9-26)14-19(28)16-30-21-7-6-18(12-22(21)29-4)13-25(3)15-20-17(2)23-31-24-20/h6-7,12,19,28H,5,8-11,13-16H2,1-4H3. The van der Waals surface area contributed by atoms with E-state index in [1.807, 2.05) is 32.2 Å². The molecular formula is C22H35N5O4. The summed E-state index contributed by atoms with van der Waals surface area (Å²) in [5.41, 5.74) is 2.73. The van der Waals surface area contributed by atoms with Gasteiger partial charge in [-0.2, -0.15) is 0 Å². The van der Waals surface area contributed by atoms with Gasteiger partial charge in [-0.3, -0.25) is 9.80 Å². The zero-order valence-corrected chi connectivity index (χ0v) is 19.1. The van der Waals surface area contributed by atoms with Crippen LogP contribution in [0.15, 0.2) is 22.8 Å². The second-order valence-electron chi connectivity index (χ2n) is 8.15. The Kier molecular flexibility index (Phi) is 8.65. The van der Waals surface area contributed by atoms with Crippen LogP contribution in [-0.2, 0) is 13.1 Å². The predicted molar refractivity (Wildman–Crippen MR) is 117 cm³/mol. The molecule has 9 nitrogen and oxygen atoms in total. The Bertz CT molecular complexity index is 807. The summed E-state index contributed by atoms with van der Waals surface area (Å²) in [7, 11) is 3.64. The molecule has 1 atom stereocenters. The highest BCUT2D eigenvalue weighted by molar-refractivity contribution is 5.43. The topological polar surface area (TPSA) is 87.3 Å². The fourth-order valence-corrected chi connectivity index (χ4v) is 3.77. The van der Waals surface area contributed by atoms with Gasteiger partial charge in [0, 0.05) is 45.8 Å². The molecule has 0 radical (unpaired) electrons. The number of likely N-dealkylation sites (N-methyl/N-ethyl adjacent to an activating group) is 1. The van der Waals surface area contributed by atoms with Gasteiger partial charge in [0.2, 0.25) is 0 Å². The number of aryl methyl sites for hydroxylation is 1. The molecule has 1 N–H and O–H groups in total. The molecule has 2 aromatic rings. The van der Waals surface area contributed by atoms with Gasteiger partial charge in [0.15, 0.2) is 11.5 Å². The lowest BCUT2D eigenvalue weighted by atomic mass is 10.2. The number of ether oxygens (including phenoxy) is 2. The van der Waals surface area contributed by atoms with Crippen LogP contribution in [0.2, 0.25) is 0 Å². The number of nitrogens with zero attached hydrogens (tertiary/aromatic N) is 5. The number of aromatic nitrogens is 2. The summed E-state index contributed by atoms with van der Waals surface area (Å²) in [6.45, 7) is 11.5. The molecule has 1 fully saturated rings. The van der Waals surface area contributed by atoms with Gasteiger partial charge in [-0.05, 0) is 38.2 Å². The van der Waals surface area contributed by atoms with E-state index in [0.717, 1.165) is 56.2 Å². The van der Waals surface area contributed by atoms with Crippen molar-refractivity contribution >= 4 is 0 Å². The zero-order chi connectivity index (χ0) is 22.2. The van der Waals surface area contributed by atoms with E-state index in [1.54, 1.807) is 7.11 Å². The first kappa shape index (κ1) is 23.5. The van der Waals surface area contributed by atoms with Crippen LogP contribution in [-0.4, -0.2) is 96.3 Å². The van der Waals surface area contributed by atoms with E-state index >= 15 is 0 Å². The molecule has 31 heavy (non-hydrogen) atoms. The normalized spacial score (nSPS) is 16.6. The lowest BCUT2D eigenvalue weighted by Crippen LogP contribution is -2.49. The minimum absolute atomic E-state index is 0.238. The number of aliphatic hydroxyl groups excluding tert-OH is 1. The van der Waals surface area contributed by atoms with Gasteiger partial charge in [-0.15, -0.1) is 0 Å². The SMILES string of the molecule is CCN1CCN(CC(O)COc2ccc(CN(C)Cc3nonc3C)cc2OC)CC1. The number of hydrogen-bond donors (Lipinski definition) is 1. The van der Waals surface area contributed by atoms with Crippen LogP contribution in [0.4, 0.5) is 0 Å². The number of β-amino-alcohol motifs (C(OH)–C–C–N with tert-alkyl or cyclic N) is 1. The Morgan fingerprint density at radius 3 is 2.52 bits per heavy atom. The molecule has 0 spiro atoms. The van der Waals surface area contributed by atoms with Gasteiger partial charge >= 0.3 is 0 Å².